The lowest BCUT2D eigenvalue weighted by Crippen LogP contribution is -2.35. The molecule has 0 bridgehead atoms. The van der Waals surface area contributed by atoms with Gasteiger partial charge in [-0.25, -0.2) is 0 Å². The first-order chi connectivity index (χ1) is 6.00. The Kier molecular flexibility index (Phi) is 3.59. The molecule has 1 N–H and O–H groups in total. The molecule has 0 spiro atoms. The van der Waals surface area contributed by atoms with Crippen molar-refractivity contribution >= 4 is 19.8 Å². The van der Waals surface area contributed by atoms with E-state index in [0.717, 1.165) is 4.90 Å². The lowest BCUT2D eigenvalue weighted by molar-refractivity contribution is 0.328. The summed E-state index contributed by atoms with van der Waals surface area (Å²) in [4.78, 5) is 1.15. The normalized spacial score (nSPS) is 14.2. The van der Waals surface area contributed by atoms with Crippen molar-refractivity contribution in [2.24, 2.45) is 0 Å². The first-order valence-electron chi connectivity index (χ1n) is 4.40. The van der Waals surface area contributed by atoms with Crippen molar-refractivity contribution in [1.82, 2.24) is 0 Å². The molecule has 0 fully saturated rings. The number of rotatable bonds is 3. The fourth-order valence-electron chi connectivity index (χ4n) is 0.805. The van der Waals surface area contributed by atoms with Crippen LogP contribution in [0, 0.1) is 0 Å². The molecule has 13 heavy (non-hydrogen) atoms. The lowest BCUT2D eigenvalue weighted by atomic mass is 10.4. The lowest BCUT2D eigenvalue weighted by Gasteiger charge is -2.22. The van der Waals surface area contributed by atoms with E-state index < -0.39 is 8.07 Å². The van der Waals surface area contributed by atoms with Gasteiger partial charge in [0.1, 0.15) is 0 Å². The minimum absolute atomic E-state index is 0.213. The molecule has 0 radical (unpaired) electrons. The van der Waals surface area contributed by atoms with Crippen LogP contribution >= 0.6 is 11.8 Å². The summed E-state index contributed by atoms with van der Waals surface area (Å²) in [5, 5.41) is 9.65. The van der Waals surface area contributed by atoms with E-state index in [1.165, 1.54) is 0 Å². The van der Waals surface area contributed by atoms with Gasteiger partial charge in [-0.05, 0) is 12.1 Å². The average Bonchev–Trinajstić information content (AvgIpc) is 2.04. The summed E-state index contributed by atoms with van der Waals surface area (Å²) in [5.41, 5.74) is 0. The van der Waals surface area contributed by atoms with E-state index in [0.29, 0.717) is 0 Å². The van der Waals surface area contributed by atoms with Crippen LogP contribution in [0.2, 0.25) is 19.6 Å². The van der Waals surface area contributed by atoms with Crippen LogP contribution in [0.15, 0.2) is 35.2 Å². The Morgan fingerprint density at radius 1 is 1.15 bits per heavy atom. The Morgan fingerprint density at radius 3 is 2.15 bits per heavy atom. The van der Waals surface area contributed by atoms with Crippen LogP contribution in [0.1, 0.15) is 0 Å². The van der Waals surface area contributed by atoms with Crippen molar-refractivity contribution in [2.75, 3.05) is 0 Å². The van der Waals surface area contributed by atoms with Gasteiger partial charge >= 0.3 is 0 Å². The first-order valence-corrected chi connectivity index (χ1v) is 8.85. The number of hydrogen-bond acceptors (Lipinski definition) is 2. The Labute approximate surface area is 85.2 Å². The van der Waals surface area contributed by atoms with Gasteiger partial charge in [0.15, 0.2) is 0 Å². The minimum atomic E-state index is -1.42. The molecule has 1 atom stereocenters. The molecule has 0 aliphatic carbocycles. The number of benzene rings is 1. The van der Waals surface area contributed by atoms with Crippen molar-refractivity contribution in [2.45, 2.75) is 29.6 Å². The molecule has 0 saturated carbocycles. The molecule has 0 aliphatic heterocycles. The molecule has 1 rings (SSSR count). The van der Waals surface area contributed by atoms with Crippen molar-refractivity contribution in [3.05, 3.63) is 30.3 Å². The highest BCUT2D eigenvalue weighted by Crippen LogP contribution is 2.27. The van der Waals surface area contributed by atoms with Gasteiger partial charge in [-0.15, -0.1) is 0 Å². The number of hydrogen-bond donors (Lipinski definition) is 1. The monoisotopic (exact) mass is 212 g/mol. The van der Waals surface area contributed by atoms with E-state index in [9.17, 15) is 5.11 Å². The Hall–Kier alpha value is -0.253. The summed E-state index contributed by atoms with van der Waals surface area (Å²) in [6, 6.07) is 10.1. The highest BCUT2D eigenvalue weighted by atomic mass is 32.2. The summed E-state index contributed by atoms with van der Waals surface area (Å²) in [7, 11) is -1.42. The molecular weight excluding hydrogens is 196 g/mol. The summed E-state index contributed by atoms with van der Waals surface area (Å²) in [5.74, 6) is 0. The zero-order valence-corrected chi connectivity index (χ0v) is 10.1. The molecule has 1 aromatic rings. The third-order valence-electron chi connectivity index (χ3n) is 1.73. The van der Waals surface area contributed by atoms with Crippen molar-refractivity contribution in [3.8, 4) is 0 Å². The van der Waals surface area contributed by atoms with E-state index in [4.69, 9.17) is 0 Å². The summed E-state index contributed by atoms with van der Waals surface area (Å²) in [6.45, 7) is 6.52. The van der Waals surface area contributed by atoms with E-state index >= 15 is 0 Å². The molecule has 72 valence electrons. The predicted octanol–water partition coefficient (Wildman–Crippen LogP) is 2.97. The van der Waals surface area contributed by atoms with Crippen LogP contribution in [0.25, 0.3) is 0 Å². The van der Waals surface area contributed by atoms with Gasteiger partial charge in [0, 0.05) is 4.90 Å². The predicted molar refractivity (Wildman–Crippen MR) is 61.7 cm³/mol. The maximum absolute atomic E-state index is 9.86. The Balaban J connectivity index is 2.61. The fourth-order valence-corrected chi connectivity index (χ4v) is 3.20. The van der Waals surface area contributed by atoms with Gasteiger partial charge in [0.05, 0.1) is 13.1 Å². The molecule has 3 heteroatoms. The van der Waals surface area contributed by atoms with E-state index in [-0.39, 0.29) is 5.06 Å². The fraction of sp³-hybridized carbons (Fsp3) is 0.400. The second kappa shape index (κ2) is 4.31. The van der Waals surface area contributed by atoms with Crippen molar-refractivity contribution in [3.63, 3.8) is 0 Å². The van der Waals surface area contributed by atoms with E-state index in [2.05, 4.69) is 19.6 Å². The zero-order valence-electron chi connectivity index (χ0n) is 8.32. The SMILES string of the molecule is C[Si](C)(C)C(O)Sc1ccccc1. The molecule has 0 saturated heterocycles. The van der Waals surface area contributed by atoms with Gasteiger partial charge in [-0.2, -0.15) is 0 Å². The molecule has 0 heterocycles. The van der Waals surface area contributed by atoms with Gasteiger partial charge in [0.2, 0.25) is 0 Å². The first kappa shape index (κ1) is 10.8. The molecular formula is C10H16OSSi. The zero-order chi connectivity index (χ0) is 9.90. The molecule has 1 unspecified atom stereocenters. The number of thioether (sulfide) groups is 1. The van der Waals surface area contributed by atoms with E-state index in [1.807, 2.05) is 30.3 Å². The molecule has 0 aliphatic rings. The number of aliphatic hydroxyl groups is 1. The number of aliphatic hydroxyl groups excluding tert-OH is 1. The smallest absolute Gasteiger partial charge is 0.0919 e. The van der Waals surface area contributed by atoms with Gasteiger partial charge in [-0.3, -0.25) is 0 Å². The second-order valence-corrected chi connectivity index (χ2v) is 11.0. The summed E-state index contributed by atoms with van der Waals surface area (Å²) >= 11 is 1.57. The highest BCUT2D eigenvalue weighted by Gasteiger charge is 2.25. The largest absolute Gasteiger partial charge is 0.386 e. The van der Waals surface area contributed by atoms with Crippen molar-refractivity contribution < 1.29 is 5.11 Å². The van der Waals surface area contributed by atoms with E-state index in [1.54, 1.807) is 11.8 Å². The Morgan fingerprint density at radius 2 is 1.69 bits per heavy atom. The third kappa shape index (κ3) is 3.54. The molecule has 1 nitrogen and oxygen atoms in total. The van der Waals surface area contributed by atoms with Crippen LogP contribution in [0.3, 0.4) is 0 Å². The van der Waals surface area contributed by atoms with Gasteiger partial charge in [-0.1, -0.05) is 49.6 Å². The average molecular weight is 212 g/mol. The Bertz CT molecular complexity index is 255. The quantitative estimate of drug-likeness (QED) is 0.472. The third-order valence-corrected chi connectivity index (χ3v) is 6.46. The van der Waals surface area contributed by atoms with Crippen LogP contribution < -0.4 is 0 Å². The molecule has 1 aromatic carbocycles. The second-order valence-electron chi connectivity index (χ2n) is 4.15. The minimum Gasteiger partial charge on any atom is -0.386 e. The maximum Gasteiger partial charge on any atom is 0.0919 e. The van der Waals surface area contributed by atoms with Crippen LogP contribution in [0.5, 0.6) is 0 Å². The maximum atomic E-state index is 9.86. The summed E-state index contributed by atoms with van der Waals surface area (Å²) in [6.07, 6.45) is 0. The molecule has 0 aromatic heterocycles. The van der Waals surface area contributed by atoms with Gasteiger partial charge in [0.25, 0.3) is 0 Å². The van der Waals surface area contributed by atoms with Gasteiger partial charge < -0.3 is 5.11 Å². The highest BCUT2D eigenvalue weighted by molar-refractivity contribution is 8.01. The molecule has 0 amide bonds. The van der Waals surface area contributed by atoms with Crippen LogP contribution in [0.4, 0.5) is 0 Å². The standard InChI is InChI=1S/C10H16OSSi/c1-13(2,3)10(11)12-9-7-5-4-6-8-9/h4-8,10-11H,1-3H3. The summed E-state index contributed by atoms with van der Waals surface area (Å²) < 4.78 is 0. The van der Waals surface area contributed by atoms with Crippen LogP contribution in [-0.4, -0.2) is 18.2 Å². The topological polar surface area (TPSA) is 20.2 Å². The van der Waals surface area contributed by atoms with Crippen molar-refractivity contribution in [1.29, 1.82) is 0 Å². The van der Waals surface area contributed by atoms with Crippen LogP contribution in [-0.2, 0) is 0 Å².